The van der Waals surface area contributed by atoms with Gasteiger partial charge in [0, 0.05) is 0 Å². The summed E-state index contributed by atoms with van der Waals surface area (Å²) < 4.78 is 0. The normalized spacial score (nSPS) is 12.5. The second-order valence-corrected chi connectivity index (χ2v) is 3.06. The van der Waals surface area contributed by atoms with Crippen molar-refractivity contribution in [3.05, 3.63) is 35.9 Å². The lowest BCUT2D eigenvalue weighted by Gasteiger charge is -2.01. The Balaban J connectivity index is 2.57. The molecule has 0 aliphatic rings. The molecule has 58 valence electrons. The molecule has 0 aromatic heterocycles. The minimum atomic E-state index is -0.169. The summed E-state index contributed by atoms with van der Waals surface area (Å²) in [5.74, 6) is 0. The van der Waals surface area contributed by atoms with Gasteiger partial charge in [-0.15, -0.1) is 0 Å². The van der Waals surface area contributed by atoms with Gasteiger partial charge in [-0.05, 0) is 12.0 Å². The van der Waals surface area contributed by atoms with Crippen LogP contribution in [0, 0.1) is 0 Å². The zero-order valence-corrected chi connectivity index (χ0v) is 7.00. The van der Waals surface area contributed by atoms with Crippen LogP contribution in [-0.4, -0.2) is 11.5 Å². The van der Waals surface area contributed by atoms with Gasteiger partial charge in [-0.2, -0.15) is 12.6 Å². The number of thiol groups is 1. The van der Waals surface area contributed by atoms with Crippen molar-refractivity contribution in [3.8, 4) is 0 Å². The van der Waals surface area contributed by atoms with E-state index in [1.54, 1.807) is 0 Å². The number of hydrogen-bond acceptors (Lipinski definition) is 2. The maximum atomic E-state index is 10.2. The van der Waals surface area contributed by atoms with Gasteiger partial charge in [-0.1, -0.05) is 30.3 Å². The van der Waals surface area contributed by atoms with Crippen LogP contribution in [0.2, 0.25) is 0 Å². The standard InChI is InChI=1S/C9H10OS/c10-7-9(11)6-8-4-2-1-3-5-8/h1-5,7,9,11H,6H2. The average molecular weight is 166 g/mol. The summed E-state index contributed by atoms with van der Waals surface area (Å²) in [6.45, 7) is 0. The lowest BCUT2D eigenvalue weighted by Crippen LogP contribution is -2.03. The Labute approximate surface area is 71.8 Å². The highest BCUT2D eigenvalue weighted by Gasteiger charge is 2.00. The molecule has 1 nitrogen and oxygen atoms in total. The molecule has 1 aromatic carbocycles. The van der Waals surface area contributed by atoms with E-state index in [2.05, 4.69) is 12.6 Å². The molecule has 0 bridgehead atoms. The fourth-order valence-corrected chi connectivity index (χ4v) is 1.11. The summed E-state index contributed by atoms with van der Waals surface area (Å²) in [7, 11) is 0. The SMILES string of the molecule is O=CC(S)Cc1ccccc1. The summed E-state index contributed by atoms with van der Waals surface area (Å²) in [6, 6.07) is 9.86. The van der Waals surface area contributed by atoms with Gasteiger partial charge in [0.1, 0.15) is 6.29 Å². The Morgan fingerprint density at radius 2 is 2.00 bits per heavy atom. The summed E-state index contributed by atoms with van der Waals surface area (Å²) in [6.07, 6.45) is 1.57. The van der Waals surface area contributed by atoms with Gasteiger partial charge in [-0.25, -0.2) is 0 Å². The molecular formula is C9H10OS. The van der Waals surface area contributed by atoms with Gasteiger partial charge in [0.15, 0.2) is 0 Å². The predicted molar refractivity (Wildman–Crippen MR) is 49.0 cm³/mol. The molecule has 0 radical (unpaired) electrons. The summed E-state index contributed by atoms with van der Waals surface area (Å²) in [5, 5.41) is -0.169. The maximum absolute atomic E-state index is 10.2. The van der Waals surface area contributed by atoms with Gasteiger partial charge in [-0.3, -0.25) is 0 Å². The number of hydrogen-bond donors (Lipinski definition) is 1. The molecule has 1 rings (SSSR count). The third kappa shape index (κ3) is 2.76. The Morgan fingerprint density at radius 3 is 2.55 bits per heavy atom. The third-order valence-electron chi connectivity index (χ3n) is 1.44. The minimum absolute atomic E-state index is 0.169. The topological polar surface area (TPSA) is 17.1 Å². The third-order valence-corrected chi connectivity index (χ3v) is 1.75. The summed E-state index contributed by atoms with van der Waals surface area (Å²) in [4.78, 5) is 10.2. The molecule has 0 fully saturated rings. The van der Waals surface area contributed by atoms with Gasteiger partial charge >= 0.3 is 0 Å². The maximum Gasteiger partial charge on any atom is 0.133 e. The molecule has 0 N–H and O–H groups in total. The lowest BCUT2D eigenvalue weighted by molar-refractivity contribution is -0.107. The van der Waals surface area contributed by atoms with E-state index in [4.69, 9.17) is 0 Å². The van der Waals surface area contributed by atoms with E-state index >= 15 is 0 Å². The number of carbonyl (C=O) groups is 1. The molecule has 0 saturated heterocycles. The Morgan fingerprint density at radius 1 is 1.36 bits per heavy atom. The zero-order chi connectivity index (χ0) is 8.10. The number of rotatable bonds is 3. The molecule has 0 spiro atoms. The van der Waals surface area contributed by atoms with E-state index in [1.165, 1.54) is 0 Å². The lowest BCUT2D eigenvalue weighted by atomic mass is 10.1. The van der Waals surface area contributed by atoms with Crippen molar-refractivity contribution >= 4 is 18.9 Å². The first-order chi connectivity index (χ1) is 5.33. The van der Waals surface area contributed by atoms with Crippen molar-refractivity contribution in [2.24, 2.45) is 0 Å². The van der Waals surface area contributed by atoms with Crippen LogP contribution in [0.15, 0.2) is 30.3 Å². The van der Waals surface area contributed by atoms with E-state index in [0.717, 1.165) is 11.8 Å². The van der Waals surface area contributed by atoms with Crippen molar-refractivity contribution in [2.75, 3.05) is 0 Å². The molecule has 0 amide bonds. The monoisotopic (exact) mass is 166 g/mol. The van der Waals surface area contributed by atoms with Gasteiger partial charge in [0.25, 0.3) is 0 Å². The number of benzene rings is 1. The highest BCUT2D eigenvalue weighted by Crippen LogP contribution is 2.04. The summed E-state index contributed by atoms with van der Waals surface area (Å²) >= 11 is 4.07. The molecular weight excluding hydrogens is 156 g/mol. The molecule has 11 heavy (non-hydrogen) atoms. The van der Waals surface area contributed by atoms with E-state index in [-0.39, 0.29) is 5.25 Å². The van der Waals surface area contributed by atoms with Crippen molar-refractivity contribution in [1.82, 2.24) is 0 Å². The average Bonchev–Trinajstić information content (AvgIpc) is 2.06. The van der Waals surface area contributed by atoms with Crippen LogP contribution in [0.3, 0.4) is 0 Å². The quantitative estimate of drug-likeness (QED) is 0.534. The van der Waals surface area contributed by atoms with Crippen LogP contribution in [0.4, 0.5) is 0 Å². The fourth-order valence-electron chi connectivity index (χ4n) is 0.904. The van der Waals surface area contributed by atoms with E-state index in [1.807, 2.05) is 30.3 Å². The number of carbonyl (C=O) groups excluding carboxylic acids is 1. The van der Waals surface area contributed by atoms with Crippen LogP contribution in [-0.2, 0) is 11.2 Å². The first kappa shape index (κ1) is 8.34. The predicted octanol–water partition coefficient (Wildman–Crippen LogP) is 1.73. The zero-order valence-electron chi connectivity index (χ0n) is 6.10. The van der Waals surface area contributed by atoms with Crippen molar-refractivity contribution in [2.45, 2.75) is 11.7 Å². The van der Waals surface area contributed by atoms with Gasteiger partial charge in [0.05, 0.1) is 5.25 Å². The smallest absolute Gasteiger partial charge is 0.133 e. The highest BCUT2D eigenvalue weighted by molar-refractivity contribution is 7.81. The van der Waals surface area contributed by atoms with Gasteiger partial charge in [0.2, 0.25) is 0 Å². The van der Waals surface area contributed by atoms with E-state index < -0.39 is 0 Å². The Hall–Kier alpha value is -0.760. The minimum Gasteiger partial charge on any atom is -0.302 e. The highest BCUT2D eigenvalue weighted by atomic mass is 32.1. The van der Waals surface area contributed by atoms with Crippen LogP contribution in [0.1, 0.15) is 5.56 Å². The van der Waals surface area contributed by atoms with Crippen molar-refractivity contribution < 1.29 is 4.79 Å². The molecule has 1 unspecified atom stereocenters. The number of aldehydes is 1. The fraction of sp³-hybridized carbons (Fsp3) is 0.222. The second-order valence-electron chi connectivity index (χ2n) is 2.39. The van der Waals surface area contributed by atoms with E-state index in [9.17, 15) is 4.79 Å². The Kier molecular flexibility index (Phi) is 3.17. The first-order valence-electron chi connectivity index (χ1n) is 3.50. The molecule has 1 aromatic rings. The van der Waals surface area contributed by atoms with Crippen LogP contribution < -0.4 is 0 Å². The van der Waals surface area contributed by atoms with Gasteiger partial charge < -0.3 is 4.79 Å². The largest absolute Gasteiger partial charge is 0.302 e. The Bertz CT molecular complexity index is 220. The van der Waals surface area contributed by atoms with Crippen LogP contribution in [0.25, 0.3) is 0 Å². The van der Waals surface area contributed by atoms with Crippen LogP contribution >= 0.6 is 12.6 Å². The first-order valence-corrected chi connectivity index (χ1v) is 4.02. The molecule has 0 heterocycles. The second kappa shape index (κ2) is 4.19. The summed E-state index contributed by atoms with van der Waals surface area (Å²) in [5.41, 5.74) is 1.15. The molecule has 2 heteroatoms. The van der Waals surface area contributed by atoms with Crippen molar-refractivity contribution in [1.29, 1.82) is 0 Å². The molecule has 1 atom stereocenters. The molecule has 0 aliphatic carbocycles. The van der Waals surface area contributed by atoms with E-state index in [0.29, 0.717) is 6.42 Å². The van der Waals surface area contributed by atoms with Crippen LogP contribution in [0.5, 0.6) is 0 Å². The molecule has 0 aliphatic heterocycles. The van der Waals surface area contributed by atoms with Crippen molar-refractivity contribution in [3.63, 3.8) is 0 Å². The molecule has 0 saturated carbocycles.